The van der Waals surface area contributed by atoms with E-state index in [9.17, 15) is 9.59 Å². The van der Waals surface area contributed by atoms with Gasteiger partial charge < -0.3 is 21.7 Å². The van der Waals surface area contributed by atoms with Crippen molar-refractivity contribution >= 4 is 11.8 Å². The zero-order chi connectivity index (χ0) is 13.1. The lowest BCUT2D eigenvalue weighted by atomic mass is 10.1. The first-order valence-corrected chi connectivity index (χ1v) is 6.00. The summed E-state index contributed by atoms with van der Waals surface area (Å²) in [6.45, 7) is 1.27. The first-order valence-electron chi connectivity index (χ1n) is 6.00. The van der Waals surface area contributed by atoms with Gasteiger partial charge in [-0.2, -0.15) is 0 Å². The number of unbranched alkanes of at least 4 members (excludes halogenated alkanes) is 1. The maximum atomic E-state index is 11.5. The molecule has 100 valence electrons. The summed E-state index contributed by atoms with van der Waals surface area (Å²) in [5, 5.41) is 8.17. The van der Waals surface area contributed by atoms with E-state index in [2.05, 4.69) is 16.0 Å². The molecule has 0 saturated heterocycles. The fourth-order valence-corrected chi connectivity index (χ4v) is 1.35. The molecule has 0 heterocycles. The Kier molecular flexibility index (Phi) is 9.37. The van der Waals surface area contributed by atoms with Crippen LogP contribution in [-0.4, -0.2) is 45.0 Å². The molecule has 6 nitrogen and oxygen atoms in total. The van der Waals surface area contributed by atoms with E-state index in [1.54, 1.807) is 7.05 Å². The molecule has 6 heteroatoms. The van der Waals surface area contributed by atoms with Crippen LogP contribution in [0.4, 0.5) is 0 Å². The molecule has 17 heavy (non-hydrogen) atoms. The van der Waals surface area contributed by atoms with Gasteiger partial charge in [-0.25, -0.2) is 0 Å². The third-order valence-electron chi connectivity index (χ3n) is 2.46. The minimum atomic E-state index is -0.475. The largest absolute Gasteiger partial charge is 0.359 e. The Balaban J connectivity index is 3.56. The molecule has 0 spiro atoms. The third-order valence-corrected chi connectivity index (χ3v) is 2.46. The minimum Gasteiger partial charge on any atom is -0.359 e. The highest BCUT2D eigenvalue weighted by atomic mass is 16.2. The molecule has 0 aliphatic rings. The maximum Gasteiger partial charge on any atom is 0.236 e. The van der Waals surface area contributed by atoms with Crippen molar-refractivity contribution in [1.29, 1.82) is 0 Å². The van der Waals surface area contributed by atoms with E-state index in [4.69, 9.17) is 5.73 Å². The standard InChI is InChI=1S/C11H24N4O2/c1-13-7-4-3-5-9(12)11(17)15-8-6-10(16)14-2/h9,13H,3-8,12H2,1-2H3,(H,14,16)(H,15,17). The van der Waals surface area contributed by atoms with Gasteiger partial charge in [0.15, 0.2) is 0 Å². The van der Waals surface area contributed by atoms with Gasteiger partial charge in [-0.1, -0.05) is 6.42 Å². The van der Waals surface area contributed by atoms with Crippen LogP contribution in [-0.2, 0) is 9.59 Å². The zero-order valence-corrected chi connectivity index (χ0v) is 10.7. The van der Waals surface area contributed by atoms with E-state index < -0.39 is 6.04 Å². The van der Waals surface area contributed by atoms with E-state index in [1.807, 2.05) is 7.05 Å². The Labute approximate surface area is 103 Å². The number of nitrogens with one attached hydrogen (secondary N) is 3. The first-order chi connectivity index (χ1) is 8.11. The summed E-state index contributed by atoms with van der Waals surface area (Å²) in [6.07, 6.45) is 2.89. The van der Waals surface area contributed by atoms with Crippen molar-refractivity contribution < 1.29 is 9.59 Å². The van der Waals surface area contributed by atoms with Gasteiger partial charge in [-0.3, -0.25) is 9.59 Å². The minimum absolute atomic E-state index is 0.0899. The van der Waals surface area contributed by atoms with E-state index in [0.717, 1.165) is 19.4 Å². The average molecular weight is 244 g/mol. The number of rotatable bonds is 9. The lowest BCUT2D eigenvalue weighted by Gasteiger charge is -2.11. The van der Waals surface area contributed by atoms with Gasteiger partial charge in [0.1, 0.15) is 0 Å². The molecule has 1 atom stereocenters. The molecule has 0 saturated carbocycles. The summed E-state index contributed by atoms with van der Waals surface area (Å²) in [5.41, 5.74) is 5.72. The molecule has 5 N–H and O–H groups in total. The fourth-order valence-electron chi connectivity index (χ4n) is 1.35. The summed E-state index contributed by atoms with van der Waals surface area (Å²) in [7, 11) is 3.46. The molecule has 0 fully saturated rings. The van der Waals surface area contributed by atoms with Crippen molar-refractivity contribution in [1.82, 2.24) is 16.0 Å². The maximum absolute atomic E-state index is 11.5. The van der Waals surface area contributed by atoms with Gasteiger partial charge in [0.2, 0.25) is 11.8 Å². The van der Waals surface area contributed by atoms with Crippen LogP contribution in [0.15, 0.2) is 0 Å². The van der Waals surface area contributed by atoms with Crippen molar-refractivity contribution in [2.75, 3.05) is 27.2 Å². The van der Waals surface area contributed by atoms with Gasteiger partial charge in [-0.15, -0.1) is 0 Å². The molecule has 0 aliphatic carbocycles. The van der Waals surface area contributed by atoms with Crippen LogP contribution in [0.25, 0.3) is 0 Å². The zero-order valence-electron chi connectivity index (χ0n) is 10.7. The van der Waals surface area contributed by atoms with Crippen LogP contribution in [0.3, 0.4) is 0 Å². The number of hydrogen-bond acceptors (Lipinski definition) is 4. The summed E-state index contributed by atoms with van der Waals surface area (Å²) >= 11 is 0. The predicted octanol–water partition coefficient (Wildman–Crippen LogP) is -1.04. The summed E-state index contributed by atoms with van der Waals surface area (Å²) < 4.78 is 0. The molecular formula is C11H24N4O2. The van der Waals surface area contributed by atoms with Crippen LogP contribution < -0.4 is 21.7 Å². The van der Waals surface area contributed by atoms with E-state index >= 15 is 0 Å². The normalized spacial score (nSPS) is 11.9. The smallest absolute Gasteiger partial charge is 0.236 e. The molecule has 0 aromatic carbocycles. The Morgan fingerprint density at radius 1 is 1.18 bits per heavy atom. The summed E-state index contributed by atoms with van der Waals surface area (Å²) in [4.78, 5) is 22.4. The highest BCUT2D eigenvalue weighted by Crippen LogP contribution is 1.98. The predicted molar refractivity (Wildman–Crippen MR) is 67.4 cm³/mol. The third kappa shape index (κ3) is 8.65. The average Bonchev–Trinajstić information content (AvgIpc) is 2.33. The lowest BCUT2D eigenvalue weighted by molar-refractivity contribution is -0.123. The van der Waals surface area contributed by atoms with Crippen molar-refractivity contribution in [2.24, 2.45) is 5.73 Å². The van der Waals surface area contributed by atoms with Gasteiger partial charge in [-0.05, 0) is 26.4 Å². The van der Waals surface area contributed by atoms with Crippen molar-refractivity contribution in [3.8, 4) is 0 Å². The second kappa shape index (κ2) is 10.0. The van der Waals surface area contributed by atoms with Gasteiger partial charge in [0.25, 0.3) is 0 Å². The fraction of sp³-hybridized carbons (Fsp3) is 0.818. The van der Waals surface area contributed by atoms with Crippen LogP contribution in [0.2, 0.25) is 0 Å². The number of carbonyl (C=O) groups excluding carboxylic acids is 2. The van der Waals surface area contributed by atoms with Gasteiger partial charge in [0.05, 0.1) is 6.04 Å². The molecule has 0 aromatic heterocycles. The van der Waals surface area contributed by atoms with Gasteiger partial charge >= 0.3 is 0 Å². The number of amides is 2. The van der Waals surface area contributed by atoms with Crippen molar-refractivity contribution in [3.05, 3.63) is 0 Å². The van der Waals surface area contributed by atoms with Gasteiger partial charge in [0, 0.05) is 20.0 Å². The molecule has 0 radical (unpaired) electrons. The number of carbonyl (C=O) groups is 2. The van der Waals surface area contributed by atoms with E-state index in [1.165, 1.54) is 0 Å². The molecular weight excluding hydrogens is 220 g/mol. The van der Waals surface area contributed by atoms with Crippen LogP contribution in [0.5, 0.6) is 0 Å². The quantitative estimate of drug-likeness (QED) is 0.389. The molecule has 1 unspecified atom stereocenters. The highest BCUT2D eigenvalue weighted by molar-refractivity contribution is 5.82. The lowest BCUT2D eigenvalue weighted by Crippen LogP contribution is -2.41. The van der Waals surface area contributed by atoms with Crippen LogP contribution >= 0.6 is 0 Å². The Hall–Kier alpha value is -1.14. The van der Waals surface area contributed by atoms with Crippen LogP contribution in [0, 0.1) is 0 Å². The monoisotopic (exact) mass is 244 g/mol. The molecule has 2 amide bonds. The number of nitrogens with two attached hydrogens (primary N) is 1. The first kappa shape index (κ1) is 15.9. The van der Waals surface area contributed by atoms with Crippen molar-refractivity contribution in [3.63, 3.8) is 0 Å². The molecule has 0 aliphatic heterocycles. The second-order valence-corrected chi connectivity index (χ2v) is 3.92. The molecule has 0 rings (SSSR count). The Morgan fingerprint density at radius 2 is 1.88 bits per heavy atom. The summed E-state index contributed by atoms with van der Waals surface area (Å²) in [5.74, 6) is -0.272. The Morgan fingerprint density at radius 3 is 2.47 bits per heavy atom. The molecule has 0 aromatic rings. The summed E-state index contributed by atoms with van der Waals surface area (Å²) in [6, 6.07) is -0.475. The topological polar surface area (TPSA) is 96.2 Å². The van der Waals surface area contributed by atoms with E-state index in [-0.39, 0.29) is 18.2 Å². The van der Waals surface area contributed by atoms with E-state index in [0.29, 0.717) is 13.0 Å². The number of hydrogen-bond donors (Lipinski definition) is 4. The van der Waals surface area contributed by atoms with Crippen LogP contribution in [0.1, 0.15) is 25.7 Å². The van der Waals surface area contributed by atoms with Crippen molar-refractivity contribution in [2.45, 2.75) is 31.7 Å². The Bertz CT molecular complexity index is 234. The highest BCUT2D eigenvalue weighted by Gasteiger charge is 2.12. The molecule has 0 bridgehead atoms. The second-order valence-electron chi connectivity index (χ2n) is 3.92. The SMILES string of the molecule is CNCCCCC(N)C(=O)NCCC(=O)NC.